The normalized spacial score (nSPS) is 20.3. The maximum Gasteiger partial charge on any atom is 0.509 e. The van der Waals surface area contributed by atoms with E-state index in [0.717, 1.165) is 0 Å². The predicted molar refractivity (Wildman–Crippen MR) is 71.7 cm³/mol. The molecule has 0 aliphatic heterocycles. The predicted octanol–water partition coefficient (Wildman–Crippen LogP) is 3.33. The molecule has 0 amide bonds. The lowest BCUT2D eigenvalue weighted by atomic mass is 9.92. The molecule has 0 bridgehead atoms. The molecule has 0 heterocycles. The monoisotopic (exact) mass is 324 g/mol. The zero-order chi connectivity index (χ0) is 15.1. The van der Waals surface area contributed by atoms with Crippen LogP contribution < -0.4 is 0 Å². The van der Waals surface area contributed by atoms with E-state index < -0.39 is 24.5 Å². The van der Waals surface area contributed by atoms with E-state index in [1.54, 1.807) is 0 Å². The highest BCUT2D eigenvalue weighted by Gasteiger charge is 2.38. The van der Waals surface area contributed by atoms with Gasteiger partial charge in [-0.2, -0.15) is 0 Å². The van der Waals surface area contributed by atoms with E-state index in [1.807, 2.05) is 0 Å². The van der Waals surface area contributed by atoms with Crippen LogP contribution in [0.3, 0.4) is 0 Å². The number of ether oxygens (including phenoxy) is 4. The van der Waals surface area contributed by atoms with E-state index in [4.69, 9.17) is 32.7 Å². The fourth-order valence-electron chi connectivity index (χ4n) is 1.30. The van der Waals surface area contributed by atoms with Crippen LogP contribution in [0.1, 0.15) is 12.8 Å². The lowest BCUT2D eigenvalue weighted by Crippen LogP contribution is -2.44. The highest BCUT2D eigenvalue weighted by molar-refractivity contribution is 6.29. The maximum absolute atomic E-state index is 11.3. The molecule has 0 saturated heterocycles. The summed E-state index contributed by atoms with van der Waals surface area (Å²) in [7, 11) is 0. The third-order valence-corrected chi connectivity index (χ3v) is 2.56. The Labute approximate surface area is 126 Å². The summed E-state index contributed by atoms with van der Waals surface area (Å²) >= 11 is 10.9. The molecule has 1 rings (SSSR count). The number of hydrogen-bond acceptors (Lipinski definition) is 6. The quantitative estimate of drug-likeness (QED) is 0.698. The van der Waals surface area contributed by atoms with Gasteiger partial charge in [0, 0.05) is 10.1 Å². The molecule has 2 unspecified atom stereocenters. The summed E-state index contributed by atoms with van der Waals surface area (Å²) in [5.74, 6) is 0. The minimum Gasteiger partial charge on any atom is -0.428 e. The van der Waals surface area contributed by atoms with E-state index in [1.165, 1.54) is 0 Å². The molecule has 1 aliphatic carbocycles. The summed E-state index contributed by atoms with van der Waals surface area (Å²) in [5.41, 5.74) is 0. The van der Waals surface area contributed by atoms with Gasteiger partial charge in [0.05, 0.1) is 0 Å². The van der Waals surface area contributed by atoms with Crippen LogP contribution in [0.4, 0.5) is 9.59 Å². The van der Waals surface area contributed by atoms with Crippen molar-refractivity contribution in [2.24, 2.45) is 0 Å². The maximum atomic E-state index is 11.3. The van der Waals surface area contributed by atoms with Gasteiger partial charge in [-0.15, -0.1) is 0 Å². The minimum absolute atomic E-state index is 0.140. The highest BCUT2D eigenvalue weighted by Crippen LogP contribution is 2.27. The van der Waals surface area contributed by atoms with Crippen LogP contribution in [0.2, 0.25) is 0 Å². The molecule has 20 heavy (non-hydrogen) atoms. The van der Waals surface area contributed by atoms with Crippen LogP contribution in [0, 0.1) is 0 Å². The molecule has 0 spiro atoms. The molecule has 112 valence electrons. The molecule has 0 aromatic carbocycles. The number of carbonyl (C=O) groups excluding carboxylic acids is 2. The minimum atomic E-state index is -0.896. The molecule has 1 fully saturated rings. The first-order valence-electron chi connectivity index (χ1n) is 5.72. The van der Waals surface area contributed by atoms with Gasteiger partial charge < -0.3 is 18.9 Å². The van der Waals surface area contributed by atoms with Crippen molar-refractivity contribution in [2.45, 2.75) is 25.0 Å². The average molecular weight is 325 g/mol. The molecule has 0 aromatic rings. The molecule has 8 heteroatoms. The third kappa shape index (κ3) is 6.16. The molecule has 0 N–H and O–H groups in total. The van der Waals surface area contributed by atoms with Gasteiger partial charge in [0.2, 0.25) is 0 Å². The van der Waals surface area contributed by atoms with Crippen molar-refractivity contribution < 1.29 is 28.5 Å². The third-order valence-electron chi connectivity index (χ3n) is 2.34. The summed E-state index contributed by atoms with van der Waals surface area (Å²) < 4.78 is 19.2. The van der Waals surface area contributed by atoms with E-state index in [-0.39, 0.29) is 23.3 Å². The number of hydrogen-bond donors (Lipinski definition) is 0. The van der Waals surface area contributed by atoms with Gasteiger partial charge >= 0.3 is 12.3 Å². The summed E-state index contributed by atoms with van der Waals surface area (Å²) in [4.78, 5) is 22.5. The van der Waals surface area contributed by atoms with Gasteiger partial charge in [-0.05, 0) is 12.8 Å². The van der Waals surface area contributed by atoms with Crippen LogP contribution in [0.25, 0.3) is 0 Å². The van der Waals surface area contributed by atoms with Crippen molar-refractivity contribution in [1.82, 2.24) is 0 Å². The van der Waals surface area contributed by atoms with Crippen molar-refractivity contribution >= 4 is 35.5 Å². The first kappa shape index (κ1) is 16.7. The summed E-state index contributed by atoms with van der Waals surface area (Å²) in [6.07, 6.45) is -1.77. The highest BCUT2D eigenvalue weighted by atomic mass is 35.5. The topological polar surface area (TPSA) is 71.1 Å². The van der Waals surface area contributed by atoms with Crippen molar-refractivity contribution in [3.05, 3.63) is 23.2 Å². The first-order chi connectivity index (χ1) is 9.38. The van der Waals surface area contributed by atoms with E-state index in [0.29, 0.717) is 12.8 Å². The van der Waals surface area contributed by atoms with Crippen molar-refractivity contribution in [3.63, 3.8) is 0 Å². The van der Waals surface area contributed by atoms with Gasteiger partial charge in [-0.25, -0.2) is 9.59 Å². The van der Waals surface area contributed by atoms with Gasteiger partial charge in [0.25, 0.3) is 0 Å². The van der Waals surface area contributed by atoms with Crippen LogP contribution in [0.15, 0.2) is 23.2 Å². The standard InChI is InChI=1S/C12H14Cl2O6/c1-7(13)5-17-11(15)19-9-3-4-10(9)20-12(16)18-6-8(2)14/h9-10H,1-6H2. The van der Waals surface area contributed by atoms with Gasteiger partial charge in [0.15, 0.2) is 0 Å². The van der Waals surface area contributed by atoms with E-state index in [9.17, 15) is 9.59 Å². The fourth-order valence-corrected chi connectivity index (χ4v) is 1.41. The molecule has 0 radical (unpaired) electrons. The molecule has 6 nitrogen and oxygen atoms in total. The molecule has 1 saturated carbocycles. The second-order valence-electron chi connectivity index (χ2n) is 4.00. The molecule has 1 aliphatic rings. The van der Waals surface area contributed by atoms with Gasteiger partial charge in [-0.3, -0.25) is 0 Å². The zero-order valence-corrected chi connectivity index (χ0v) is 12.1. The Hall–Kier alpha value is -1.40. The Morgan fingerprint density at radius 2 is 1.25 bits per heavy atom. The second kappa shape index (κ2) is 8.01. The molecular weight excluding hydrogens is 311 g/mol. The molecular formula is C12H14Cl2O6. The van der Waals surface area contributed by atoms with Crippen LogP contribution in [-0.4, -0.2) is 37.7 Å². The van der Waals surface area contributed by atoms with Crippen molar-refractivity contribution in [1.29, 1.82) is 0 Å². The lowest BCUT2D eigenvalue weighted by Gasteiger charge is -2.33. The van der Waals surface area contributed by atoms with Crippen molar-refractivity contribution in [2.75, 3.05) is 13.2 Å². The largest absolute Gasteiger partial charge is 0.509 e. The molecule has 0 aromatic heterocycles. The average Bonchev–Trinajstić information content (AvgIpc) is 2.36. The summed E-state index contributed by atoms with van der Waals surface area (Å²) in [6.45, 7) is 6.44. The zero-order valence-electron chi connectivity index (χ0n) is 10.6. The van der Waals surface area contributed by atoms with Crippen LogP contribution in [0.5, 0.6) is 0 Å². The Kier molecular flexibility index (Phi) is 6.67. The smallest absolute Gasteiger partial charge is 0.428 e. The first-order valence-corrected chi connectivity index (χ1v) is 6.47. The Morgan fingerprint density at radius 3 is 1.50 bits per heavy atom. The summed E-state index contributed by atoms with van der Waals surface area (Å²) in [5, 5.41) is 0.349. The Balaban J connectivity index is 2.25. The summed E-state index contributed by atoms with van der Waals surface area (Å²) in [6, 6.07) is 0. The SMILES string of the molecule is C=C(Cl)COC(=O)OC1CCC1OC(=O)OCC(=C)Cl. The van der Waals surface area contributed by atoms with Crippen LogP contribution in [-0.2, 0) is 18.9 Å². The van der Waals surface area contributed by atoms with Crippen LogP contribution >= 0.6 is 23.2 Å². The Bertz CT molecular complexity index is 371. The lowest BCUT2D eigenvalue weighted by molar-refractivity contribution is -0.0981. The number of rotatable bonds is 6. The number of halogens is 2. The fraction of sp³-hybridized carbons (Fsp3) is 0.500. The van der Waals surface area contributed by atoms with Gasteiger partial charge in [-0.1, -0.05) is 36.4 Å². The van der Waals surface area contributed by atoms with E-state index in [2.05, 4.69) is 22.6 Å². The Morgan fingerprint density at radius 1 is 0.900 bits per heavy atom. The molecule has 2 atom stereocenters. The van der Waals surface area contributed by atoms with Gasteiger partial charge in [0.1, 0.15) is 25.4 Å². The second-order valence-corrected chi connectivity index (χ2v) is 5.07. The van der Waals surface area contributed by atoms with Crippen molar-refractivity contribution in [3.8, 4) is 0 Å². The number of carbonyl (C=O) groups is 2. The van der Waals surface area contributed by atoms with E-state index >= 15 is 0 Å².